The number of nitrogens with zero attached hydrogens (tertiary/aromatic N) is 4. The number of halogens is 1. The van der Waals surface area contributed by atoms with Crippen molar-refractivity contribution in [2.75, 3.05) is 0 Å². The Bertz CT molecular complexity index is 1330. The molecule has 0 spiro atoms. The molecule has 5 rings (SSSR count). The summed E-state index contributed by atoms with van der Waals surface area (Å²) in [6.07, 6.45) is 1.63. The minimum atomic E-state index is -0.484. The summed E-state index contributed by atoms with van der Waals surface area (Å²) in [7, 11) is 0. The lowest BCUT2D eigenvalue weighted by molar-refractivity contribution is -0.114. The second-order valence-corrected chi connectivity index (χ2v) is 8.92. The van der Waals surface area contributed by atoms with Crippen LogP contribution in [-0.4, -0.2) is 31.5 Å². The standard InChI is InChI=1S/C22H16FN5OS2/c1-12-10-14(13(2)27(12)17-7-4-3-6-16(17)23)11-15-19(24)28-22(25-20(15)29)31-21(26-28)18-8-5-9-30-18/h3-11,24H,1-2H3/b15-11-,24-19?. The Morgan fingerprint density at radius 2 is 1.97 bits per heavy atom. The second kappa shape index (κ2) is 7.44. The van der Waals surface area contributed by atoms with Crippen LogP contribution in [0.4, 0.5) is 4.39 Å². The summed E-state index contributed by atoms with van der Waals surface area (Å²) >= 11 is 2.82. The van der Waals surface area contributed by atoms with Crippen LogP contribution in [0.2, 0.25) is 0 Å². The van der Waals surface area contributed by atoms with E-state index in [-0.39, 0.29) is 17.2 Å². The van der Waals surface area contributed by atoms with Crippen molar-refractivity contribution >= 4 is 51.1 Å². The second-order valence-electron chi connectivity index (χ2n) is 7.02. The minimum absolute atomic E-state index is 0.0234. The molecule has 0 saturated carbocycles. The smallest absolute Gasteiger partial charge is 0.283 e. The third-order valence-electron chi connectivity index (χ3n) is 5.05. The summed E-state index contributed by atoms with van der Waals surface area (Å²) in [6, 6.07) is 12.3. The van der Waals surface area contributed by atoms with Crippen LogP contribution in [0, 0.1) is 25.1 Å². The van der Waals surface area contributed by atoms with Gasteiger partial charge < -0.3 is 4.57 Å². The van der Waals surface area contributed by atoms with Crippen molar-refractivity contribution in [1.82, 2.24) is 9.58 Å². The SMILES string of the molecule is Cc1cc(/C=C2/C(=N)N3N=C(c4cccs4)SC3=NC2=O)c(C)n1-c1ccccc1F. The highest BCUT2D eigenvalue weighted by Gasteiger charge is 2.36. The van der Waals surface area contributed by atoms with E-state index >= 15 is 0 Å². The molecule has 0 atom stereocenters. The first-order valence-electron chi connectivity index (χ1n) is 9.42. The molecule has 0 radical (unpaired) electrons. The molecule has 4 heterocycles. The predicted octanol–water partition coefficient (Wildman–Crippen LogP) is 4.96. The van der Waals surface area contributed by atoms with Crippen molar-refractivity contribution in [3.05, 3.63) is 81.1 Å². The minimum Gasteiger partial charge on any atom is -0.315 e. The first-order chi connectivity index (χ1) is 14.9. The first kappa shape index (κ1) is 19.7. The summed E-state index contributed by atoms with van der Waals surface area (Å²) in [4.78, 5) is 17.8. The number of thioether (sulfide) groups is 1. The number of thiophene rings is 1. The largest absolute Gasteiger partial charge is 0.315 e. The van der Waals surface area contributed by atoms with Gasteiger partial charge in [-0.25, -0.2) is 4.39 Å². The highest BCUT2D eigenvalue weighted by molar-refractivity contribution is 8.27. The number of carbonyl (C=O) groups is 1. The lowest BCUT2D eigenvalue weighted by atomic mass is 10.1. The first-order valence-corrected chi connectivity index (χ1v) is 11.1. The number of amides is 1. The molecular formula is C22H16FN5OS2. The maximum Gasteiger partial charge on any atom is 0.283 e. The van der Waals surface area contributed by atoms with Crippen molar-refractivity contribution in [2.45, 2.75) is 13.8 Å². The molecule has 0 fully saturated rings. The topological polar surface area (TPSA) is 73.8 Å². The normalized spacial score (nSPS) is 17.3. The van der Waals surface area contributed by atoms with Gasteiger partial charge in [0.25, 0.3) is 5.91 Å². The van der Waals surface area contributed by atoms with Crippen molar-refractivity contribution in [3.8, 4) is 5.69 Å². The van der Waals surface area contributed by atoms with Crippen LogP contribution in [0.5, 0.6) is 0 Å². The molecule has 0 saturated heterocycles. The predicted molar refractivity (Wildman–Crippen MR) is 124 cm³/mol. The monoisotopic (exact) mass is 449 g/mol. The van der Waals surface area contributed by atoms with Gasteiger partial charge in [0.05, 0.1) is 16.1 Å². The number of carbonyl (C=O) groups excluding carboxylic acids is 1. The van der Waals surface area contributed by atoms with Crippen molar-refractivity contribution < 1.29 is 9.18 Å². The molecule has 6 nitrogen and oxygen atoms in total. The number of aromatic nitrogens is 1. The highest BCUT2D eigenvalue weighted by Crippen LogP contribution is 2.33. The molecule has 2 aromatic heterocycles. The zero-order valence-electron chi connectivity index (χ0n) is 16.6. The fourth-order valence-electron chi connectivity index (χ4n) is 3.58. The molecule has 0 unspecified atom stereocenters. The van der Waals surface area contributed by atoms with Crippen LogP contribution in [0.25, 0.3) is 11.8 Å². The number of aryl methyl sites for hydroxylation is 1. The molecule has 0 aliphatic carbocycles. The number of hydrogen-bond acceptors (Lipinski definition) is 5. The third kappa shape index (κ3) is 3.26. The summed E-state index contributed by atoms with van der Waals surface area (Å²) < 4.78 is 16.2. The maximum atomic E-state index is 14.4. The number of hydrogen-bond donors (Lipinski definition) is 1. The number of nitrogens with one attached hydrogen (secondary N) is 1. The van der Waals surface area contributed by atoms with Crippen LogP contribution in [0.3, 0.4) is 0 Å². The molecule has 1 aromatic carbocycles. The van der Waals surface area contributed by atoms with Gasteiger partial charge in [-0.3, -0.25) is 10.2 Å². The number of hydrazone groups is 1. The summed E-state index contributed by atoms with van der Waals surface area (Å²) in [5, 5.41) is 17.5. The molecular weight excluding hydrogens is 433 g/mol. The van der Waals surface area contributed by atoms with Crippen LogP contribution < -0.4 is 0 Å². The van der Waals surface area contributed by atoms with Gasteiger partial charge in [0, 0.05) is 11.4 Å². The van der Waals surface area contributed by atoms with E-state index in [1.165, 1.54) is 34.2 Å². The van der Waals surface area contributed by atoms with E-state index in [1.54, 1.807) is 28.8 Å². The quantitative estimate of drug-likeness (QED) is 0.574. The van der Waals surface area contributed by atoms with Crippen LogP contribution in [0.1, 0.15) is 21.8 Å². The van der Waals surface area contributed by atoms with Gasteiger partial charge >= 0.3 is 0 Å². The Labute approximate surface area is 185 Å². The van der Waals surface area contributed by atoms with E-state index in [0.29, 0.717) is 15.9 Å². The zero-order valence-corrected chi connectivity index (χ0v) is 18.2. The third-order valence-corrected chi connectivity index (χ3v) is 7.00. The molecule has 0 bridgehead atoms. The van der Waals surface area contributed by atoms with Gasteiger partial charge in [0.2, 0.25) is 5.17 Å². The summed E-state index contributed by atoms with van der Waals surface area (Å²) in [5.74, 6) is -0.837. The molecule has 1 amide bonds. The van der Waals surface area contributed by atoms with Crippen molar-refractivity contribution in [2.24, 2.45) is 10.1 Å². The number of fused-ring (bicyclic) bond motifs is 1. The van der Waals surface area contributed by atoms with Crippen LogP contribution in [0.15, 0.2) is 63.5 Å². The van der Waals surface area contributed by atoms with E-state index in [0.717, 1.165) is 21.8 Å². The van der Waals surface area contributed by atoms with Crippen molar-refractivity contribution in [3.63, 3.8) is 0 Å². The Hall–Kier alpha value is -3.30. The number of rotatable bonds is 3. The van der Waals surface area contributed by atoms with E-state index in [2.05, 4.69) is 10.1 Å². The fourth-order valence-corrected chi connectivity index (χ4v) is 5.27. The lowest BCUT2D eigenvalue weighted by Crippen LogP contribution is -2.35. The van der Waals surface area contributed by atoms with E-state index in [1.807, 2.05) is 37.4 Å². The molecule has 1 N–H and O–H groups in total. The molecule has 154 valence electrons. The highest BCUT2D eigenvalue weighted by atomic mass is 32.2. The van der Waals surface area contributed by atoms with Gasteiger partial charge in [-0.05, 0) is 66.9 Å². The van der Waals surface area contributed by atoms with E-state index in [4.69, 9.17) is 5.41 Å². The summed E-state index contributed by atoms with van der Waals surface area (Å²) in [5.41, 5.74) is 2.90. The molecule has 2 aliphatic heterocycles. The maximum absolute atomic E-state index is 14.4. The van der Waals surface area contributed by atoms with Gasteiger partial charge in [-0.15, -0.1) is 11.3 Å². The van der Waals surface area contributed by atoms with Crippen LogP contribution in [-0.2, 0) is 4.79 Å². The number of para-hydroxylation sites is 1. The van der Waals surface area contributed by atoms with Gasteiger partial charge in [-0.2, -0.15) is 15.1 Å². The molecule has 2 aliphatic rings. The Kier molecular flexibility index (Phi) is 4.71. The van der Waals surface area contributed by atoms with Crippen molar-refractivity contribution in [1.29, 1.82) is 5.41 Å². The number of amidine groups is 2. The Morgan fingerprint density at radius 1 is 1.16 bits per heavy atom. The van der Waals surface area contributed by atoms with Gasteiger partial charge in [-0.1, -0.05) is 18.2 Å². The molecule has 9 heteroatoms. The Balaban J connectivity index is 1.54. The molecule has 3 aromatic rings. The van der Waals surface area contributed by atoms with E-state index in [9.17, 15) is 9.18 Å². The lowest BCUT2D eigenvalue weighted by Gasteiger charge is -2.20. The number of benzene rings is 1. The average Bonchev–Trinajstić information content (AvgIpc) is 3.46. The average molecular weight is 450 g/mol. The number of aliphatic imine (C=N–C) groups is 1. The Morgan fingerprint density at radius 3 is 2.71 bits per heavy atom. The summed E-state index contributed by atoms with van der Waals surface area (Å²) in [6.45, 7) is 3.73. The van der Waals surface area contributed by atoms with E-state index < -0.39 is 5.91 Å². The van der Waals surface area contributed by atoms with Gasteiger partial charge in [0.15, 0.2) is 5.84 Å². The van der Waals surface area contributed by atoms with Crippen LogP contribution >= 0.6 is 23.1 Å². The van der Waals surface area contributed by atoms with Gasteiger partial charge in [0.1, 0.15) is 10.9 Å². The molecule has 31 heavy (non-hydrogen) atoms. The zero-order chi connectivity index (χ0) is 21.7. The fraction of sp³-hybridized carbons (Fsp3) is 0.0909.